The standard InChI is InChI=1S/C22H19N3O6S/c26-18(12-14-4-2-1-3-5-14)23-19-20(27)24-17(10-11-32-21(19)24)22(28)31-13-15-6-8-16(9-7-15)25(29)30/h1-10,19,21H,11-13H2,(H,23,26)/t19?,21-/m0/s1. The van der Waals surface area contributed by atoms with Gasteiger partial charge in [0.05, 0.1) is 11.3 Å². The van der Waals surface area contributed by atoms with E-state index in [2.05, 4.69) is 5.32 Å². The number of nitro groups is 1. The molecule has 2 amide bonds. The van der Waals surface area contributed by atoms with Gasteiger partial charge in [0.15, 0.2) is 0 Å². The first-order chi connectivity index (χ1) is 15.4. The van der Waals surface area contributed by atoms with Crippen LogP contribution in [0, 0.1) is 10.1 Å². The average Bonchev–Trinajstić information content (AvgIpc) is 2.81. The Kier molecular flexibility index (Phi) is 6.22. The zero-order valence-corrected chi connectivity index (χ0v) is 17.6. The van der Waals surface area contributed by atoms with E-state index >= 15 is 0 Å². The van der Waals surface area contributed by atoms with Gasteiger partial charge in [-0.25, -0.2) is 4.79 Å². The molecule has 10 heteroatoms. The molecule has 1 N–H and O–H groups in total. The molecule has 0 aliphatic carbocycles. The monoisotopic (exact) mass is 453 g/mol. The highest BCUT2D eigenvalue weighted by Crippen LogP contribution is 2.37. The van der Waals surface area contributed by atoms with Crippen LogP contribution >= 0.6 is 11.8 Å². The molecule has 2 aromatic carbocycles. The fourth-order valence-electron chi connectivity index (χ4n) is 3.47. The van der Waals surface area contributed by atoms with E-state index in [1.54, 1.807) is 6.08 Å². The van der Waals surface area contributed by atoms with E-state index in [-0.39, 0.29) is 41.6 Å². The zero-order valence-electron chi connectivity index (χ0n) is 16.8. The molecular weight excluding hydrogens is 434 g/mol. The van der Waals surface area contributed by atoms with Crippen LogP contribution < -0.4 is 5.32 Å². The number of non-ortho nitro benzene ring substituents is 1. The Morgan fingerprint density at radius 3 is 2.53 bits per heavy atom. The lowest BCUT2D eigenvalue weighted by Crippen LogP contribution is -2.70. The SMILES string of the molecule is O=C(Cc1ccccc1)NC1C(=O)N2C(C(=O)OCc3ccc([N+](=O)[O-])cc3)=CCS[C@@H]12. The van der Waals surface area contributed by atoms with Gasteiger partial charge in [0, 0.05) is 17.9 Å². The molecule has 2 aromatic rings. The van der Waals surface area contributed by atoms with E-state index in [4.69, 9.17) is 4.74 Å². The molecule has 4 rings (SSSR count). The number of carbonyl (C=O) groups excluding carboxylic acids is 3. The number of ether oxygens (including phenoxy) is 1. The van der Waals surface area contributed by atoms with E-state index in [1.807, 2.05) is 30.3 Å². The lowest BCUT2D eigenvalue weighted by Gasteiger charge is -2.48. The Bertz CT molecular complexity index is 1090. The van der Waals surface area contributed by atoms with E-state index in [0.29, 0.717) is 11.3 Å². The third-order valence-electron chi connectivity index (χ3n) is 5.10. The maximum Gasteiger partial charge on any atom is 0.355 e. The van der Waals surface area contributed by atoms with Crippen LogP contribution in [0.5, 0.6) is 0 Å². The molecule has 2 atom stereocenters. The van der Waals surface area contributed by atoms with Gasteiger partial charge in [-0.2, -0.15) is 0 Å². The van der Waals surface area contributed by atoms with E-state index in [0.717, 1.165) is 5.56 Å². The summed E-state index contributed by atoms with van der Waals surface area (Å²) in [7, 11) is 0. The van der Waals surface area contributed by atoms with Gasteiger partial charge in [0.25, 0.3) is 11.6 Å². The highest BCUT2D eigenvalue weighted by molar-refractivity contribution is 8.00. The van der Waals surface area contributed by atoms with Crippen molar-refractivity contribution in [3.8, 4) is 0 Å². The molecule has 0 aromatic heterocycles. The molecule has 164 valence electrons. The Labute approximate surface area is 187 Å². The second-order valence-corrected chi connectivity index (χ2v) is 8.38. The number of nitro benzene ring substituents is 1. The second-order valence-electron chi connectivity index (χ2n) is 7.23. The molecule has 0 radical (unpaired) electrons. The molecule has 32 heavy (non-hydrogen) atoms. The number of nitrogens with one attached hydrogen (secondary N) is 1. The quantitative estimate of drug-likeness (QED) is 0.295. The number of fused-ring (bicyclic) bond motifs is 1. The van der Waals surface area contributed by atoms with Crippen molar-refractivity contribution in [1.82, 2.24) is 10.2 Å². The van der Waals surface area contributed by atoms with Gasteiger partial charge in [-0.3, -0.25) is 24.6 Å². The highest BCUT2D eigenvalue weighted by Gasteiger charge is 2.52. The number of β-lactam (4-membered cyclic amide) rings is 1. The van der Waals surface area contributed by atoms with Crippen molar-refractivity contribution in [2.45, 2.75) is 24.4 Å². The minimum atomic E-state index is -0.692. The molecule has 2 aliphatic rings. The number of amides is 2. The summed E-state index contributed by atoms with van der Waals surface area (Å²) in [4.78, 5) is 49.1. The van der Waals surface area contributed by atoms with Crippen LogP contribution in [0.2, 0.25) is 0 Å². The first-order valence-electron chi connectivity index (χ1n) is 9.82. The van der Waals surface area contributed by atoms with Gasteiger partial charge in [-0.15, -0.1) is 11.8 Å². The number of esters is 1. The number of rotatable bonds is 7. The molecule has 0 saturated carbocycles. The number of hydrogen-bond donors (Lipinski definition) is 1. The Morgan fingerprint density at radius 1 is 1.12 bits per heavy atom. The summed E-state index contributed by atoms with van der Waals surface area (Å²) >= 11 is 1.46. The topological polar surface area (TPSA) is 119 Å². The minimum absolute atomic E-state index is 0.0542. The van der Waals surface area contributed by atoms with Gasteiger partial charge in [0.1, 0.15) is 23.7 Å². The molecule has 2 aliphatic heterocycles. The van der Waals surface area contributed by atoms with Gasteiger partial charge < -0.3 is 10.1 Å². The van der Waals surface area contributed by atoms with Crippen molar-refractivity contribution in [3.05, 3.63) is 87.6 Å². The van der Waals surface area contributed by atoms with Gasteiger partial charge in [-0.05, 0) is 29.3 Å². The minimum Gasteiger partial charge on any atom is -0.456 e. The fourth-order valence-corrected chi connectivity index (χ4v) is 4.67. The van der Waals surface area contributed by atoms with Gasteiger partial charge in [-0.1, -0.05) is 30.3 Å². The summed E-state index contributed by atoms with van der Waals surface area (Å²) in [6, 6.07) is 14.2. The second kappa shape index (κ2) is 9.23. The molecule has 1 saturated heterocycles. The van der Waals surface area contributed by atoms with Crippen molar-refractivity contribution < 1.29 is 24.0 Å². The first kappa shape index (κ1) is 21.6. The Morgan fingerprint density at radius 2 is 1.84 bits per heavy atom. The zero-order chi connectivity index (χ0) is 22.7. The average molecular weight is 453 g/mol. The Balaban J connectivity index is 1.33. The van der Waals surface area contributed by atoms with Crippen molar-refractivity contribution in [3.63, 3.8) is 0 Å². The number of carbonyl (C=O) groups is 3. The van der Waals surface area contributed by atoms with Crippen LogP contribution in [0.1, 0.15) is 11.1 Å². The number of hydrogen-bond acceptors (Lipinski definition) is 7. The molecule has 2 heterocycles. The van der Waals surface area contributed by atoms with Crippen LogP contribution in [0.4, 0.5) is 5.69 Å². The lowest BCUT2D eigenvalue weighted by molar-refractivity contribution is -0.384. The third-order valence-corrected chi connectivity index (χ3v) is 6.28. The summed E-state index contributed by atoms with van der Waals surface area (Å²) < 4.78 is 5.30. The largest absolute Gasteiger partial charge is 0.456 e. The predicted octanol–water partition coefficient (Wildman–Crippen LogP) is 2.16. The van der Waals surface area contributed by atoms with Crippen LogP contribution in [0.3, 0.4) is 0 Å². The molecule has 1 fully saturated rings. The van der Waals surface area contributed by atoms with Crippen molar-refractivity contribution in [2.75, 3.05) is 5.75 Å². The molecule has 0 bridgehead atoms. The van der Waals surface area contributed by atoms with Crippen LogP contribution in [-0.4, -0.2) is 44.8 Å². The smallest absolute Gasteiger partial charge is 0.355 e. The van der Waals surface area contributed by atoms with E-state index in [9.17, 15) is 24.5 Å². The summed E-state index contributed by atoms with van der Waals surface area (Å²) in [5.41, 5.74) is 1.53. The normalized spacial score (nSPS) is 19.3. The number of benzene rings is 2. The summed E-state index contributed by atoms with van der Waals surface area (Å²) in [6.45, 7) is -0.0781. The first-order valence-corrected chi connectivity index (χ1v) is 10.9. The van der Waals surface area contributed by atoms with Crippen LogP contribution in [-0.2, 0) is 32.1 Å². The van der Waals surface area contributed by atoms with Crippen LogP contribution in [0.25, 0.3) is 0 Å². The molecule has 9 nitrogen and oxygen atoms in total. The molecule has 1 unspecified atom stereocenters. The molecule has 0 spiro atoms. The Hall–Kier alpha value is -3.66. The molecular formula is C22H19N3O6S. The van der Waals surface area contributed by atoms with Gasteiger partial charge >= 0.3 is 5.97 Å². The lowest BCUT2D eigenvalue weighted by atomic mass is 10.0. The number of thioether (sulfide) groups is 1. The summed E-state index contributed by atoms with van der Waals surface area (Å²) in [6.07, 6.45) is 1.79. The summed E-state index contributed by atoms with van der Waals surface area (Å²) in [5.74, 6) is -0.772. The third kappa shape index (κ3) is 4.50. The predicted molar refractivity (Wildman–Crippen MR) is 116 cm³/mol. The number of nitrogens with zero attached hydrogens (tertiary/aromatic N) is 2. The maximum atomic E-state index is 12.7. The van der Waals surface area contributed by atoms with E-state index < -0.39 is 16.9 Å². The fraction of sp³-hybridized carbons (Fsp3) is 0.227. The van der Waals surface area contributed by atoms with Gasteiger partial charge in [0.2, 0.25) is 5.91 Å². The maximum absolute atomic E-state index is 12.7. The summed E-state index contributed by atoms with van der Waals surface area (Å²) in [5, 5.41) is 13.1. The van der Waals surface area contributed by atoms with Crippen molar-refractivity contribution in [1.29, 1.82) is 0 Å². The highest BCUT2D eigenvalue weighted by atomic mass is 32.2. The van der Waals surface area contributed by atoms with E-state index in [1.165, 1.54) is 40.9 Å². The van der Waals surface area contributed by atoms with Crippen molar-refractivity contribution >= 4 is 35.2 Å². The van der Waals surface area contributed by atoms with Crippen molar-refractivity contribution in [2.24, 2.45) is 0 Å². The van der Waals surface area contributed by atoms with Crippen LogP contribution in [0.15, 0.2) is 66.4 Å².